The van der Waals surface area contributed by atoms with Crippen molar-refractivity contribution in [1.29, 1.82) is 0 Å². The lowest BCUT2D eigenvalue weighted by atomic mass is 9.93. The van der Waals surface area contributed by atoms with Crippen molar-refractivity contribution >= 4 is 22.9 Å². The fourth-order valence-electron chi connectivity index (χ4n) is 2.92. The average Bonchev–Trinajstić information content (AvgIpc) is 2.87. The van der Waals surface area contributed by atoms with Gasteiger partial charge in [0, 0.05) is 35.9 Å². The average molecular weight is 257 g/mol. The van der Waals surface area contributed by atoms with Gasteiger partial charge in [-0.3, -0.25) is 4.90 Å². The van der Waals surface area contributed by atoms with Gasteiger partial charge < -0.3 is 5.32 Å². The molecule has 0 amide bonds. The van der Waals surface area contributed by atoms with E-state index < -0.39 is 0 Å². The Balaban J connectivity index is 1.60. The van der Waals surface area contributed by atoms with E-state index in [1.807, 2.05) is 5.38 Å². The molecule has 2 saturated heterocycles. The van der Waals surface area contributed by atoms with Crippen molar-refractivity contribution in [2.75, 3.05) is 19.6 Å². The summed E-state index contributed by atoms with van der Waals surface area (Å²) >= 11 is 7.73. The summed E-state index contributed by atoms with van der Waals surface area (Å²) in [6.45, 7) is 4.78. The third kappa shape index (κ3) is 2.28. The Bertz CT molecular complexity index is 366. The molecule has 3 heterocycles. The molecule has 2 atom stereocenters. The van der Waals surface area contributed by atoms with Crippen LogP contribution in [0.3, 0.4) is 0 Å². The largest absolute Gasteiger partial charge is 0.314 e. The lowest BCUT2D eigenvalue weighted by molar-refractivity contribution is 0.157. The summed E-state index contributed by atoms with van der Waals surface area (Å²) in [5.74, 6) is 0.879. The molecule has 3 rings (SSSR count). The minimum atomic E-state index is 0.795. The predicted octanol–water partition coefficient (Wildman–Crippen LogP) is 2.59. The van der Waals surface area contributed by atoms with Gasteiger partial charge in [-0.15, -0.1) is 11.3 Å². The first kappa shape index (κ1) is 11.0. The SMILES string of the molecule is Clc1csc(CN2CCC3NCCC3C2)c1. The maximum absolute atomic E-state index is 5.95. The number of nitrogens with one attached hydrogen (secondary N) is 1. The summed E-state index contributed by atoms with van der Waals surface area (Å²) in [5, 5.41) is 6.52. The molecule has 0 spiro atoms. The smallest absolute Gasteiger partial charge is 0.0516 e. The van der Waals surface area contributed by atoms with Crippen LogP contribution in [0.15, 0.2) is 11.4 Å². The van der Waals surface area contributed by atoms with Gasteiger partial charge in [0.05, 0.1) is 5.02 Å². The highest BCUT2D eigenvalue weighted by molar-refractivity contribution is 7.10. The molecule has 16 heavy (non-hydrogen) atoms. The van der Waals surface area contributed by atoms with E-state index in [9.17, 15) is 0 Å². The lowest BCUT2D eigenvalue weighted by Crippen LogP contribution is -2.43. The molecule has 2 nitrogen and oxygen atoms in total. The van der Waals surface area contributed by atoms with Crippen molar-refractivity contribution in [2.45, 2.75) is 25.4 Å². The Hall–Kier alpha value is -0.0900. The van der Waals surface area contributed by atoms with E-state index >= 15 is 0 Å². The van der Waals surface area contributed by atoms with Gasteiger partial charge in [0.1, 0.15) is 0 Å². The Morgan fingerprint density at radius 1 is 1.50 bits per heavy atom. The monoisotopic (exact) mass is 256 g/mol. The third-order valence-corrected chi connectivity index (χ3v) is 5.01. The Morgan fingerprint density at radius 3 is 3.25 bits per heavy atom. The van der Waals surface area contributed by atoms with E-state index in [4.69, 9.17) is 11.6 Å². The van der Waals surface area contributed by atoms with Crippen LogP contribution in [0.25, 0.3) is 0 Å². The van der Waals surface area contributed by atoms with Gasteiger partial charge in [0.15, 0.2) is 0 Å². The molecule has 4 heteroatoms. The quantitative estimate of drug-likeness (QED) is 0.875. The molecule has 2 aliphatic rings. The second-order valence-corrected chi connectivity index (χ2v) is 6.30. The Morgan fingerprint density at radius 2 is 2.44 bits per heavy atom. The highest BCUT2D eigenvalue weighted by atomic mass is 35.5. The number of fused-ring (bicyclic) bond motifs is 1. The lowest BCUT2D eigenvalue weighted by Gasteiger charge is -2.34. The zero-order valence-corrected chi connectivity index (χ0v) is 10.9. The zero-order valence-electron chi connectivity index (χ0n) is 9.29. The Labute approximate surface area is 106 Å². The first-order valence-corrected chi connectivity index (χ1v) is 7.25. The van der Waals surface area contributed by atoms with E-state index in [1.54, 1.807) is 11.3 Å². The molecule has 1 aromatic rings. The van der Waals surface area contributed by atoms with Crippen LogP contribution in [-0.2, 0) is 6.54 Å². The maximum Gasteiger partial charge on any atom is 0.0516 e. The minimum Gasteiger partial charge on any atom is -0.314 e. The van der Waals surface area contributed by atoms with Crippen LogP contribution in [0.4, 0.5) is 0 Å². The normalized spacial score (nSPS) is 30.6. The van der Waals surface area contributed by atoms with Crippen molar-refractivity contribution < 1.29 is 0 Å². The fourth-order valence-corrected chi connectivity index (χ4v) is 4.04. The first-order valence-electron chi connectivity index (χ1n) is 6.00. The molecule has 2 fully saturated rings. The van der Waals surface area contributed by atoms with E-state index in [0.717, 1.165) is 23.5 Å². The number of hydrogen-bond donors (Lipinski definition) is 1. The first-order chi connectivity index (χ1) is 7.81. The second kappa shape index (κ2) is 4.65. The molecule has 0 bridgehead atoms. The number of halogens is 1. The summed E-state index contributed by atoms with van der Waals surface area (Å²) in [6, 6.07) is 2.90. The third-order valence-electron chi connectivity index (χ3n) is 3.74. The summed E-state index contributed by atoms with van der Waals surface area (Å²) in [4.78, 5) is 3.98. The van der Waals surface area contributed by atoms with E-state index in [0.29, 0.717) is 0 Å². The number of thiophene rings is 1. The standard InChI is InChI=1S/C12H17ClN2S/c13-10-5-11(16-8-10)7-15-4-2-12-9(6-15)1-3-14-12/h5,8-9,12,14H,1-4,6-7H2. The van der Waals surface area contributed by atoms with Gasteiger partial charge in [-0.25, -0.2) is 0 Å². The zero-order chi connectivity index (χ0) is 11.0. The van der Waals surface area contributed by atoms with Crippen LogP contribution in [0.1, 0.15) is 17.7 Å². The molecule has 2 unspecified atom stereocenters. The van der Waals surface area contributed by atoms with Gasteiger partial charge in [-0.2, -0.15) is 0 Å². The molecule has 1 aromatic heterocycles. The molecule has 1 N–H and O–H groups in total. The molecule has 0 radical (unpaired) electrons. The molecular formula is C12H17ClN2S. The van der Waals surface area contributed by atoms with E-state index in [-0.39, 0.29) is 0 Å². The number of piperidine rings is 1. The van der Waals surface area contributed by atoms with Gasteiger partial charge in [0.25, 0.3) is 0 Å². The van der Waals surface area contributed by atoms with Crippen LogP contribution in [0.5, 0.6) is 0 Å². The highest BCUT2D eigenvalue weighted by Gasteiger charge is 2.32. The van der Waals surface area contributed by atoms with Crippen molar-refractivity contribution in [1.82, 2.24) is 10.2 Å². The van der Waals surface area contributed by atoms with Crippen molar-refractivity contribution in [3.63, 3.8) is 0 Å². The summed E-state index contributed by atoms with van der Waals surface area (Å²) in [5.41, 5.74) is 0. The topological polar surface area (TPSA) is 15.3 Å². The summed E-state index contributed by atoms with van der Waals surface area (Å²) < 4.78 is 0. The molecule has 0 aliphatic carbocycles. The highest BCUT2D eigenvalue weighted by Crippen LogP contribution is 2.27. The Kier molecular flexibility index (Phi) is 3.20. The second-order valence-electron chi connectivity index (χ2n) is 4.86. The molecule has 0 aromatic carbocycles. The molecule has 0 saturated carbocycles. The molecule has 88 valence electrons. The van der Waals surface area contributed by atoms with E-state index in [1.165, 1.54) is 37.4 Å². The number of likely N-dealkylation sites (tertiary alicyclic amines) is 1. The molecular weight excluding hydrogens is 240 g/mol. The number of rotatable bonds is 2. The van der Waals surface area contributed by atoms with Gasteiger partial charge in [-0.05, 0) is 31.4 Å². The number of nitrogens with zero attached hydrogens (tertiary/aromatic N) is 1. The number of hydrogen-bond acceptors (Lipinski definition) is 3. The van der Waals surface area contributed by atoms with Crippen LogP contribution in [0.2, 0.25) is 5.02 Å². The van der Waals surface area contributed by atoms with E-state index in [2.05, 4.69) is 16.3 Å². The fraction of sp³-hybridized carbons (Fsp3) is 0.667. The van der Waals surface area contributed by atoms with Crippen molar-refractivity contribution in [3.8, 4) is 0 Å². The minimum absolute atomic E-state index is 0.795. The van der Waals surface area contributed by atoms with Crippen LogP contribution >= 0.6 is 22.9 Å². The summed E-state index contributed by atoms with van der Waals surface area (Å²) in [7, 11) is 0. The van der Waals surface area contributed by atoms with Gasteiger partial charge in [0.2, 0.25) is 0 Å². The van der Waals surface area contributed by atoms with Crippen LogP contribution in [0, 0.1) is 5.92 Å². The molecule has 2 aliphatic heterocycles. The van der Waals surface area contributed by atoms with Gasteiger partial charge in [-0.1, -0.05) is 11.6 Å². The van der Waals surface area contributed by atoms with Crippen molar-refractivity contribution in [3.05, 3.63) is 21.3 Å². The van der Waals surface area contributed by atoms with Crippen LogP contribution < -0.4 is 5.32 Å². The van der Waals surface area contributed by atoms with Gasteiger partial charge >= 0.3 is 0 Å². The van der Waals surface area contributed by atoms with Crippen molar-refractivity contribution in [2.24, 2.45) is 5.92 Å². The maximum atomic E-state index is 5.95. The predicted molar refractivity (Wildman–Crippen MR) is 69.1 cm³/mol. The van der Waals surface area contributed by atoms with Crippen LogP contribution in [-0.4, -0.2) is 30.6 Å². The summed E-state index contributed by atoms with van der Waals surface area (Å²) in [6.07, 6.45) is 2.66.